The van der Waals surface area contributed by atoms with E-state index in [2.05, 4.69) is 36.9 Å². The van der Waals surface area contributed by atoms with E-state index in [1.807, 2.05) is 0 Å². The minimum atomic E-state index is 0.550. The third-order valence-corrected chi connectivity index (χ3v) is 5.22. The Balaban J connectivity index is 1.44. The summed E-state index contributed by atoms with van der Waals surface area (Å²) in [4.78, 5) is 7.01. The van der Waals surface area contributed by atoms with Crippen molar-refractivity contribution in [2.24, 2.45) is 10.7 Å². The van der Waals surface area contributed by atoms with E-state index < -0.39 is 0 Å². The number of likely N-dealkylation sites (N-methyl/N-ethyl adjacent to an activating group) is 1. The molecule has 3 rings (SSSR count). The van der Waals surface area contributed by atoms with Gasteiger partial charge in [-0.15, -0.1) is 10.2 Å². The molecule has 0 bridgehead atoms. The lowest BCUT2D eigenvalue weighted by Gasteiger charge is -2.20. The monoisotopic (exact) mass is 333 g/mol. The van der Waals surface area contributed by atoms with Crippen LogP contribution < -0.4 is 11.1 Å². The topological polar surface area (TPSA) is 84.4 Å². The van der Waals surface area contributed by atoms with Crippen LogP contribution in [-0.2, 0) is 19.4 Å². The van der Waals surface area contributed by atoms with Gasteiger partial charge >= 0.3 is 0 Å². The molecule has 1 saturated heterocycles. The van der Waals surface area contributed by atoms with Crippen molar-refractivity contribution in [1.82, 2.24) is 25.0 Å². The van der Waals surface area contributed by atoms with Crippen molar-refractivity contribution >= 4 is 5.96 Å². The molecule has 1 aromatic heterocycles. The summed E-state index contributed by atoms with van der Waals surface area (Å²) in [6.07, 6.45) is 8.15. The van der Waals surface area contributed by atoms with Crippen molar-refractivity contribution in [1.29, 1.82) is 0 Å². The highest BCUT2D eigenvalue weighted by atomic mass is 15.3. The summed E-state index contributed by atoms with van der Waals surface area (Å²) in [7, 11) is 0. The first-order valence-corrected chi connectivity index (χ1v) is 9.46. The third-order valence-electron chi connectivity index (χ3n) is 5.22. The Bertz CT molecular complexity index is 551. The Labute approximate surface area is 144 Å². The third kappa shape index (κ3) is 4.26. The Morgan fingerprint density at radius 1 is 1.25 bits per heavy atom. The molecule has 7 nitrogen and oxygen atoms in total. The fourth-order valence-electron chi connectivity index (χ4n) is 3.81. The van der Waals surface area contributed by atoms with Crippen LogP contribution in [0.4, 0.5) is 0 Å². The average molecular weight is 333 g/mol. The number of hydrogen-bond donors (Lipinski definition) is 2. The summed E-state index contributed by atoms with van der Waals surface area (Å²) in [5.74, 6) is 2.76. The number of nitrogens with two attached hydrogens (primary N) is 1. The first-order valence-electron chi connectivity index (χ1n) is 9.46. The average Bonchev–Trinajstić information content (AvgIpc) is 3.13. The number of nitrogens with zero attached hydrogens (tertiary/aromatic N) is 5. The normalized spacial score (nSPS) is 22.4. The summed E-state index contributed by atoms with van der Waals surface area (Å²) in [6, 6.07) is 0.558. The van der Waals surface area contributed by atoms with Gasteiger partial charge in [-0.2, -0.15) is 0 Å². The lowest BCUT2D eigenvalue weighted by molar-refractivity contribution is 0.273. The molecule has 1 unspecified atom stereocenters. The fourth-order valence-corrected chi connectivity index (χ4v) is 3.81. The van der Waals surface area contributed by atoms with Gasteiger partial charge in [0.25, 0.3) is 0 Å². The van der Waals surface area contributed by atoms with Crippen LogP contribution in [0.3, 0.4) is 0 Å². The van der Waals surface area contributed by atoms with Crippen LogP contribution >= 0.6 is 0 Å². The molecule has 3 N–H and O–H groups in total. The van der Waals surface area contributed by atoms with E-state index in [4.69, 9.17) is 5.73 Å². The Hall–Kier alpha value is -1.63. The number of aryl methyl sites for hydroxylation is 1. The first kappa shape index (κ1) is 17.2. The van der Waals surface area contributed by atoms with Crippen molar-refractivity contribution in [3.05, 3.63) is 11.6 Å². The zero-order valence-electron chi connectivity index (χ0n) is 14.9. The minimum absolute atomic E-state index is 0.550. The Morgan fingerprint density at radius 2 is 2.17 bits per heavy atom. The molecular formula is C17H31N7. The smallest absolute Gasteiger partial charge is 0.188 e. The van der Waals surface area contributed by atoms with E-state index >= 15 is 0 Å². The van der Waals surface area contributed by atoms with Crippen molar-refractivity contribution < 1.29 is 0 Å². The van der Waals surface area contributed by atoms with Gasteiger partial charge in [0.05, 0.1) is 6.54 Å². The molecular weight excluding hydrogens is 302 g/mol. The lowest BCUT2D eigenvalue weighted by Crippen LogP contribution is -2.36. The second-order valence-corrected chi connectivity index (χ2v) is 6.82. The number of aliphatic imine (C=N–C) groups is 1. The molecule has 7 heteroatoms. The highest BCUT2D eigenvalue weighted by Crippen LogP contribution is 2.16. The second-order valence-electron chi connectivity index (χ2n) is 6.82. The summed E-state index contributed by atoms with van der Waals surface area (Å²) in [6.45, 7) is 7.12. The van der Waals surface area contributed by atoms with Crippen molar-refractivity contribution in [2.45, 2.75) is 64.5 Å². The molecule has 0 amide bonds. The molecule has 0 radical (unpaired) electrons. The van der Waals surface area contributed by atoms with E-state index in [0.29, 0.717) is 12.0 Å². The first-order chi connectivity index (χ1) is 11.8. The second kappa shape index (κ2) is 8.46. The van der Waals surface area contributed by atoms with Crippen LogP contribution in [0, 0.1) is 0 Å². The molecule has 3 heterocycles. The SMILES string of the molecule is CCN1CCCC1CN=C(N)NCCc1nnc2n1CCCCC2. The van der Waals surface area contributed by atoms with Crippen LogP contribution in [-0.4, -0.2) is 57.8 Å². The van der Waals surface area contributed by atoms with Gasteiger partial charge in [0.15, 0.2) is 5.96 Å². The predicted molar refractivity (Wildman–Crippen MR) is 96.0 cm³/mol. The number of guanidine groups is 1. The maximum atomic E-state index is 6.02. The number of hydrogen-bond acceptors (Lipinski definition) is 4. The van der Waals surface area contributed by atoms with Gasteiger partial charge in [-0.3, -0.25) is 9.89 Å². The summed E-state index contributed by atoms with van der Waals surface area (Å²) in [5.41, 5.74) is 6.02. The largest absolute Gasteiger partial charge is 0.370 e. The highest BCUT2D eigenvalue weighted by molar-refractivity contribution is 5.77. The van der Waals surface area contributed by atoms with Crippen molar-refractivity contribution in [2.75, 3.05) is 26.2 Å². The number of nitrogens with one attached hydrogen (secondary N) is 1. The molecule has 0 aromatic carbocycles. The number of fused-ring (bicyclic) bond motifs is 1. The number of aromatic nitrogens is 3. The molecule has 0 spiro atoms. The van der Waals surface area contributed by atoms with Gasteiger partial charge in [-0.1, -0.05) is 13.3 Å². The molecule has 134 valence electrons. The quantitative estimate of drug-likeness (QED) is 0.598. The van der Waals surface area contributed by atoms with Crippen LogP contribution in [0.5, 0.6) is 0 Å². The van der Waals surface area contributed by atoms with Gasteiger partial charge in [0.1, 0.15) is 11.6 Å². The molecule has 24 heavy (non-hydrogen) atoms. The summed E-state index contributed by atoms with van der Waals surface area (Å²) in [5, 5.41) is 11.9. The van der Waals surface area contributed by atoms with Crippen LogP contribution in [0.25, 0.3) is 0 Å². The number of rotatable bonds is 6. The minimum Gasteiger partial charge on any atom is -0.370 e. The Kier molecular flexibility index (Phi) is 6.07. The molecule has 0 saturated carbocycles. The standard InChI is InChI=1S/C17H31N7/c1-2-23-11-6-7-14(23)13-20-17(18)19-10-9-16-22-21-15-8-4-3-5-12-24(15)16/h14H,2-13H2,1H3,(H3,18,19,20). The zero-order valence-corrected chi connectivity index (χ0v) is 14.9. The van der Waals surface area contributed by atoms with Gasteiger partial charge < -0.3 is 15.6 Å². The van der Waals surface area contributed by atoms with Crippen molar-refractivity contribution in [3.63, 3.8) is 0 Å². The molecule has 1 fully saturated rings. The van der Waals surface area contributed by atoms with Gasteiger partial charge in [0.2, 0.25) is 0 Å². The van der Waals surface area contributed by atoms with Gasteiger partial charge in [-0.05, 0) is 38.8 Å². The maximum Gasteiger partial charge on any atom is 0.188 e. The molecule has 1 aromatic rings. The summed E-state index contributed by atoms with van der Waals surface area (Å²) < 4.78 is 2.29. The summed E-state index contributed by atoms with van der Waals surface area (Å²) >= 11 is 0. The van der Waals surface area contributed by atoms with Crippen LogP contribution in [0.2, 0.25) is 0 Å². The maximum absolute atomic E-state index is 6.02. The fraction of sp³-hybridized carbons (Fsp3) is 0.824. The molecule has 2 aliphatic rings. The lowest BCUT2D eigenvalue weighted by atomic mass is 10.2. The Morgan fingerprint density at radius 3 is 3.04 bits per heavy atom. The van der Waals surface area contributed by atoms with E-state index in [1.54, 1.807) is 0 Å². The molecule has 1 atom stereocenters. The zero-order chi connectivity index (χ0) is 16.8. The van der Waals surface area contributed by atoms with E-state index in [1.165, 1.54) is 38.6 Å². The van der Waals surface area contributed by atoms with Crippen LogP contribution in [0.15, 0.2) is 4.99 Å². The van der Waals surface area contributed by atoms with E-state index in [0.717, 1.165) is 50.7 Å². The van der Waals surface area contributed by atoms with Crippen molar-refractivity contribution in [3.8, 4) is 0 Å². The molecule has 2 aliphatic heterocycles. The molecule has 0 aliphatic carbocycles. The van der Waals surface area contributed by atoms with E-state index in [9.17, 15) is 0 Å². The predicted octanol–water partition coefficient (Wildman–Crippen LogP) is 0.936. The van der Waals surface area contributed by atoms with Gasteiger partial charge in [-0.25, -0.2) is 0 Å². The van der Waals surface area contributed by atoms with Crippen LogP contribution in [0.1, 0.15) is 50.7 Å². The highest BCUT2D eigenvalue weighted by Gasteiger charge is 2.22. The number of likely N-dealkylation sites (tertiary alicyclic amines) is 1. The van der Waals surface area contributed by atoms with E-state index in [-0.39, 0.29) is 0 Å². The van der Waals surface area contributed by atoms with Gasteiger partial charge in [0, 0.05) is 32.0 Å².